The van der Waals surface area contributed by atoms with Crippen molar-refractivity contribution in [3.8, 4) is 0 Å². The minimum absolute atomic E-state index is 0.128. The standard InChI is InChI=1S/C15H20N2O3/c1-9-11(14(19)20)4-5-12(16-9)13(18)17-10-6-7-15(2,3)8-10/h4-5,10H,6-8H2,1-3H3,(H,17,18)(H,19,20). The molecule has 0 aliphatic heterocycles. The molecular weight excluding hydrogens is 256 g/mol. The quantitative estimate of drug-likeness (QED) is 0.888. The number of hydrogen-bond acceptors (Lipinski definition) is 3. The number of amides is 1. The predicted octanol–water partition coefficient (Wildman–Crippen LogP) is 2.40. The molecule has 1 aromatic heterocycles. The first-order valence-electron chi connectivity index (χ1n) is 6.80. The van der Waals surface area contributed by atoms with Gasteiger partial charge in [0.05, 0.1) is 11.3 Å². The third-order valence-electron chi connectivity index (χ3n) is 3.85. The van der Waals surface area contributed by atoms with E-state index in [0.717, 1.165) is 19.3 Å². The maximum atomic E-state index is 12.1. The molecule has 0 spiro atoms. The van der Waals surface area contributed by atoms with Gasteiger partial charge in [-0.2, -0.15) is 0 Å². The third kappa shape index (κ3) is 3.15. The highest BCUT2D eigenvalue weighted by Crippen LogP contribution is 2.36. The van der Waals surface area contributed by atoms with Gasteiger partial charge in [-0.3, -0.25) is 4.79 Å². The summed E-state index contributed by atoms with van der Waals surface area (Å²) >= 11 is 0. The molecule has 5 heteroatoms. The average molecular weight is 276 g/mol. The predicted molar refractivity (Wildman–Crippen MR) is 74.8 cm³/mol. The lowest BCUT2D eigenvalue weighted by molar-refractivity contribution is 0.0694. The number of hydrogen-bond donors (Lipinski definition) is 2. The molecule has 1 unspecified atom stereocenters. The molecule has 1 aromatic rings. The van der Waals surface area contributed by atoms with Crippen LogP contribution in [0, 0.1) is 12.3 Å². The fourth-order valence-corrected chi connectivity index (χ4v) is 2.73. The highest BCUT2D eigenvalue weighted by Gasteiger charge is 2.32. The van der Waals surface area contributed by atoms with Crippen LogP contribution < -0.4 is 5.32 Å². The van der Waals surface area contributed by atoms with Crippen molar-refractivity contribution in [3.63, 3.8) is 0 Å². The summed E-state index contributed by atoms with van der Waals surface area (Å²) in [6.45, 7) is 5.99. The van der Waals surface area contributed by atoms with Crippen LogP contribution in [0.3, 0.4) is 0 Å². The van der Waals surface area contributed by atoms with Gasteiger partial charge in [0, 0.05) is 6.04 Å². The molecule has 2 rings (SSSR count). The van der Waals surface area contributed by atoms with Crippen molar-refractivity contribution < 1.29 is 14.7 Å². The molecule has 5 nitrogen and oxygen atoms in total. The molecule has 1 atom stereocenters. The number of pyridine rings is 1. The van der Waals surface area contributed by atoms with Crippen molar-refractivity contribution in [2.45, 2.75) is 46.1 Å². The Bertz CT molecular complexity index is 552. The zero-order valence-electron chi connectivity index (χ0n) is 12.1. The number of carbonyl (C=O) groups is 2. The van der Waals surface area contributed by atoms with Gasteiger partial charge in [-0.15, -0.1) is 0 Å². The summed E-state index contributed by atoms with van der Waals surface area (Å²) in [5.41, 5.74) is 1.03. The number of nitrogens with one attached hydrogen (secondary N) is 1. The zero-order valence-corrected chi connectivity index (χ0v) is 12.1. The molecule has 1 fully saturated rings. The van der Waals surface area contributed by atoms with Crippen LogP contribution in [0.2, 0.25) is 0 Å². The van der Waals surface area contributed by atoms with E-state index in [1.807, 2.05) is 0 Å². The van der Waals surface area contributed by atoms with Crippen molar-refractivity contribution >= 4 is 11.9 Å². The topological polar surface area (TPSA) is 79.3 Å². The molecule has 0 aromatic carbocycles. The van der Waals surface area contributed by atoms with Gasteiger partial charge in [-0.05, 0) is 43.7 Å². The molecule has 108 valence electrons. The van der Waals surface area contributed by atoms with Crippen LogP contribution in [0.5, 0.6) is 0 Å². The summed E-state index contributed by atoms with van der Waals surface area (Å²) in [5, 5.41) is 11.9. The summed E-state index contributed by atoms with van der Waals surface area (Å²) < 4.78 is 0. The van der Waals surface area contributed by atoms with Gasteiger partial charge in [0.1, 0.15) is 5.69 Å². The van der Waals surface area contributed by atoms with Crippen LogP contribution in [0.1, 0.15) is 59.7 Å². The van der Waals surface area contributed by atoms with E-state index < -0.39 is 5.97 Å². The molecule has 1 heterocycles. The Kier molecular flexibility index (Phi) is 3.79. The number of aromatic nitrogens is 1. The summed E-state index contributed by atoms with van der Waals surface area (Å²) in [4.78, 5) is 27.1. The van der Waals surface area contributed by atoms with Crippen molar-refractivity contribution in [2.75, 3.05) is 0 Å². The van der Waals surface area contributed by atoms with E-state index in [1.165, 1.54) is 12.1 Å². The molecule has 2 N–H and O–H groups in total. The molecule has 0 bridgehead atoms. The van der Waals surface area contributed by atoms with Crippen LogP contribution >= 0.6 is 0 Å². The van der Waals surface area contributed by atoms with Gasteiger partial charge < -0.3 is 10.4 Å². The minimum Gasteiger partial charge on any atom is -0.478 e. The minimum atomic E-state index is -1.03. The van der Waals surface area contributed by atoms with E-state index in [2.05, 4.69) is 24.1 Å². The molecule has 1 aliphatic carbocycles. The van der Waals surface area contributed by atoms with Gasteiger partial charge in [0.15, 0.2) is 0 Å². The summed E-state index contributed by atoms with van der Waals surface area (Å²) in [6.07, 6.45) is 3.04. The summed E-state index contributed by atoms with van der Waals surface area (Å²) in [6, 6.07) is 3.07. The maximum absolute atomic E-state index is 12.1. The van der Waals surface area contributed by atoms with E-state index in [0.29, 0.717) is 5.69 Å². The molecule has 0 radical (unpaired) electrons. The average Bonchev–Trinajstić information content (AvgIpc) is 2.68. The summed E-state index contributed by atoms with van der Waals surface area (Å²) in [7, 11) is 0. The van der Waals surface area contributed by atoms with E-state index in [9.17, 15) is 9.59 Å². The Balaban J connectivity index is 2.07. The van der Waals surface area contributed by atoms with Crippen molar-refractivity contribution in [3.05, 3.63) is 29.1 Å². The van der Waals surface area contributed by atoms with Gasteiger partial charge in [0.25, 0.3) is 5.91 Å². The van der Waals surface area contributed by atoms with Gasteiger partial charge in [-0.25, -0.2) is 9.78 Å². The van der Waals surface area contributed by atoms with Crippen molar-refractivity contribution in [2.24, 2.45) is 5.41 Å². The Morgan fingerprint density at radius 2 is 2.10 bits per heavy atom. The first-order valence-corrected chi connectivity index (χ1v) is 6.80. The van der Waals surface area contributed by atoms with E-state index in [-0.39, 0.29) is 28.6 Å². The highest BCUT2D eigenvalue weighted by atomic mass is 16.4. The molecular formula is C15H20N2O3. The lowest BCUT2D eigenvalue weighted by Gasteiger charge is -2.17. The molecule has 1 saturated carbocycles. The SMILES string of the molecule is Cc1nc(C(=O)NC2CCC(C)(C)C2)ccc1C(=O)O. The Morgan fingerprint density at radius 3 is 2.60 bits per heavy atom. The van der Waals surface area contributed by atoms with E-state index >= 15 is 0 Å². The second kappa shape index (κ2) is 5.23. The number of rotatable bonds is 3. The van der Waals surface area contributed by atoms with Crippen LogP contribution in [0.15, 0.2) is 12.1 Å². The molecule has 0 saturated heterocycles. The Morgan fingerprint density at radius 1 is 1.40 bits per heavy atom. The largest absolute Gasteiger partial charge is 0.478 e. The zero-order chi connectivity index (χ0) is 14.9. The van der Waals surface area contributed by atoms with Crippen LogP contribution in [-0.2, 0) is 0 Å². The van der Waals surface area contributed by atoms with Crippen LogP contribution in [0.25, 0.3) is 0 Å². The van der Waals surface area contributed by atoms with Gasteiger partial charge in [0.2, 0.25) is 0 Å². The number of carbonyl (C=O) groups excluding carboxylic acids is 1. The molecule has 20 heavy (non-hydrogen) atoms. The van der Waals surface area contributed by atoms with Crippen molar-refractivity contribution in [1.82, 2.24) is 10.3 Å². The lowest BCUT2D eigenvalue weighted by Crippen LogP contribution is -2.34. The first kappa shape index (κ1) is 14.5. The second-order valence-electron chi connectivity index (χ2n) is 6.21. The van der Waals surface area contributed by atoms with Gasteiger partial charge >= 0.3 is 5.97 Å². The normalized spacial score (nSPS) is 20.6. The second-order valence-corrected chi connectivity index (χ2v) is 6.21. The lowest BCUT2D eigenvalue weighted by atomic mass is 9.92. The van der Waals surface area contributed by atoms with Gasteiger partial charge in [-0.1, -0.05) is 13.8 Å². The van der Waals surface area contributed by atoms with E-state index in [4.69, 9.17) is 5.11 Å². The third-order valence-corrected chi connectivity index (χ3v) is 3.85. The number of nitrogens with zero attached hydrogens (tertiary/aromatic N) is 1. The Labute approximate surface area is 118 Å². The fourth-order valence-electron chi connectivity index (χ4n) is 2.73. The highest BCUT2D eigenvalue weighted by molar-refractivity contribution is 5.94. The van der Waals surface area contributed by atoms with Crippen LogP contribution in [0.4, 0.5) is 0 Å². The number of aromatic carboxylic acids is 1. The smallest absolute Gasteiger partial charge is 0.337 e. The fraction of sp³-hybridized carbons (Fsp3) is 0.533. The number of carboxylic acid groups (broad SMARTS) is 1. The first-order chi connectivity index (χ1) is 9.28. The number of aryl methyl sites for hydroxylation is 1. The maximum Gasteiger partial charge on any atom is 0.337 e. The molecule has 1 amide bonds. The molecule has 1 aliphatic rings. The Hall–Kier alpha value is -1.91. The van der Waals surface area contributed by atoms with Crippen molar-refractivity contribution in [1.29, 1.82) is 0 Å². The van der Waals surface area contributed by atoms with E-state index in [1.54, 1.807) is 6.92 Å². The number of carboxylic acids is 1. The van der Waals surface area contributed by atoms with Crippen LogP contribution in [-0.4, -0.2) is 28.0 Å². The summed E-state index contributed by atoms with van der Waals surface area (Å²) in [5.74, 6) is -1.26. The monoisotopic (exact) mass is 276 g/mol.